The smallest absolute Gasteiger partial charge is 0.0547 e. The number of benzene rings is 12. The predicted molar refractivity (Wildman–Crippen MR) is 282 cm³/mol. The summed E-state index contributed by atoms with van der Waals surface area (Å²) in [6, 6.07) is 93.3. The lowest BCUT2D eigenvalue weighted by Gasteiger charge is -2.26. The van der Waals surface area contributed by atoms with E-state index in [1.807, 2.05) is 0 Å². The summed E-state index contributed by atoms with van der Waals surface area (Å²) in [5.41, 5.74) is 14.0. The summed E-state index contributed by atoms with van der Waals surface area (Å²) in [7, 11) is 0. The van der Waals surface area contributed by atoms with E-state index in [0.717, 1.165) is 28.3 Å². The van der Waals surface area contributed by atoms with Crippen LogP contribution in [-0.4, -0.2) is 4.57 Å². The van der Waals surface area contributed by atoms with E-state index in [1.165, 1.54) is 92.7 Å². The number of nitrogens with zero attached hydrogens (tertiary/aromatic N) is 2. The number of hydrogen-bond donors (Lipinski definition) is 0. The van der Waals surface area contributed by atoms with Gasteiger partial charge in [-0.3, -0.25) is 0 Å². The van der Waals surface area contributed by atoms with Gasteiger partial charge in [-0.15, -0.1) is 0 Å². The second-order valence-corrected chi connectivity index (χ2v) is 17.3. The number of anilines is 3. The van der Waals surface area contributed by atoms with Gasteiger partial charge >= 0.3 is 0 Å². The first kappa shape index (κ1) is 37.8. The van der Waals surface area contributed by atoms with E-state index in [9.17, 15) is 0 Å². The third kappa shape index (κ3) is 6.26. The molecule has 66 heavy (non-hydrogen) atoms. The van der Waals surface area contributed by atoms with Crippen LogP contribution in [0.2, 0.25) is 0 Å². The van der Waals surface area contributed by atoms with Gasteiger partial charge in [0.25, 0.3) is 0 Å². The summed E-state index contributed by atoms with van der Waals surface area (Å²) >= 11 is 0. The van der Waals surface area contributed by atoms with Crippen molar-refractivity contribution < 1.29 is 0 Å². The second kappa shape index (κ2) is 15.5. The lowest BCUT2D eigenvalue weighted by atomic mass is 9.97. The van der Waals surface area contributed by atoms with Gasteiger partial charge in [-0.05, 0) is 137 Å². The van der Waals surface area contributed by atoms with Crippen LogP contribution in [0.15, 0.2) is 255 Å². The monoisotopic (exact) mass is 838 g/mol. The third-order valence-electron chi connectivity index (χ3n) is 13.6. The summed E-state index contributed by atoms with van der Waals surface area (Å²) in [4.78, 5) is 2.39. The number of para-hydroxylation sites is 1. The molecular formula is C64H42N2. The van der Waals surface area contributed by atoms with Crippen molar-refractivity contribution in [2.24, 2.45) is 0 Å². The van der Waals surface area contributed by atoms with Crippen LogP contribution in [0.25, 0.3) is 104 Å². The molecule has 2 heteroatoms. The zero-order valence-corrected chi connectivity index (χ0v) is 36.1. The van der Waals surface area contributed by atoms with E-state index in [-0.39, 0.29) is 0 Å². The van der Waals surface area contributed by atoms with Crippen molar-refractivity contribution in [3.8, 4) is 39.1 Å². The highest BCUT2D eigenvalue weighted by atomic mass is 15.1. The van der Waals surface area contributed by atoms with Crippen molar-refractivity contribution >= 4 is 82.0 Å². The fourth-order valence-corrected chi connectivity index (χ4v) is 10.5. The van der Waals surface area contributed by atoms with Crippen molar-refractivity contribution in [1.82, 2.24) is 4.57 Å². The molecule has 0 aliphatic heterocycles. The standard InChI is InChI=1S/C64H42N2/c1-4-20-54-43(13-1)16-10-24-57(54)46-31-35-50(36-32-46)65(51-37-33-47(34-38-51)58-25-11-17-44-14-2-5-21-55(44)58)52-19-9-18-48(41-52)60-26-12-28-63-64(60)61-23-7-8-27-62(61)66(63)53-39-40-59-49(42-53)30-29-45-15-3-6-22-56(45)59/h1-42H. The van der Waals surface area contributed by atoms with Gasteiger partial charge in [-0.2, -0.15) is 0 Å². The van der Waals surface area contributed by atoms with Gasteiger partial charge in [-0.1, -0.05) is 194 Å². The number of rotatable bonds is 7. The van der Waals surface area contributed by atoms with Crippen LogP contribution in [0.5, 0.6) is 0 Å². The molecule has 13 aromatic rings. The Kier molecular flexibility index (Phi) is 8.89. The summed E-state index contributed by atoms with van der Waals surface area (Å²) < 4.78 is 2.44. The van der Waals surface area contributed by atoms with Crippen LogP contribution in [0, 0.1) is 0 Å². The largest absolute Gasteiger partial charge is 0.310 e. The normalized spacial score (nSPS) is 11.6. The number of hydrogen-bond acceptors (Lipinski definition) is 1. The minimum Gasteiger partial charge on any atom is -0.310 e. The van der Waals surface area contributed by atoms with Crippen molar-refractivity contribution in [2.45, 2.75) is 0 Å². The van der Waals surface area contributed by atoms with Crippen LogP contribution in [-0.2, 0) is 0 Å². The maximum Gasteiger partial charge on any atom is 0.0547 e. The number of fused-ring (bicyclic) bond motifs is 8. The SMILES string of the molecule is c1cc(-c2cccc3c2c2ccccc2n3-c2ccc3c(ccc4ccccc43)c2)cc(N(c2ccc(-c3cccc4ccccc34)cc2)c2ccc(-c3cccc4ccccc34)cc2)c1. The minimum absolute atomic E-state index is 1.09. The Morgan fingerprint density at radius 1 is 0.258 bits per heavy atom. The van der Waals surface area contributed by atoms with Gasteiger partial charge in [0.15, 0.2) is 0 Å². The molecule has 0 saturated carbocycles. The average molecular weight is 839 g/mol. The molecule has 13 rings (SSSR count). The summed E-state index contributed by atoms with van der Waals surface area (Å²) in [6.45, 7) is 0. The van der Waals surface area contributed by atoms with Gasteiger partial charge in [0.1, 0.15) is 0 Å². The Bertz CT molecular complexity index is 3860. The van der Waals surface area contributed by atoms with Gasteiger partial charge in [-0.25, -0.2) is 0 Å². The van der Waals surface area contributed by atoms with Crippen molar-refractivity contribution in [3.63, 3.8) is 0 Å². The first-order valence-corrected chi connectivity index (χ1v) is 22.7. The molecule has 0 amide bonds. The summed E-state index contributed by atoms with van der Waals surface area (Å²) in [5, 5.41) is 12.5. The van der Waals surface area contributed by atoms with Crippen LogP contribution in [0.1, 0.15) is 0 Å². The fraction of sp³-hybridized carbons (Fsp3) is 0. The molecule has 0 radical (unpaired) electrons. The van der Waals surface area contributed by atoms with Gasteiger partial charge < -0.3 is 9.47 Å². The molecule has 12 aromatic carbocycles. The Balaban J connectivity index is 0.951. The van der Waals surface area contributed by atoms with E-state index in [1.54, 1.807) is 0 Å². The van der Waals surface area contributed by atoms with E-state index in [0.29, 0.717) is 0 Å². The zero-order valence-electron chi connectivity index (χ0n) is 36.1. The maximum atomic E-state index is 2.44. The van der Waals surface area contributed by atoms with E-state index in [2.05, 4.69) is 264 Å². The summed E-state index contributed by atoms with van der Waals surface area (Å²) in [6.07, 6.45) is 0. The third-order valence-corrected chi connectivity index (χ3v) is 13.6. The van der Waals surface area contributed by atoms with Crippen molar-refractivity contribution in [3.05, 3.63) is 255 Å². The molecule has 0 aliphatic rings. The first-order valence-electron chi connectivity index (χ1n) is 22.7. The minimum atomic E-state index is 1.09. The molecule has 0 bridgehead atoms. The Morgan fingerprint density at radius 3 is 1.41 bits per heavy atom. The van der Waals surface area contributed by atoms with E-state index in [4.69, 9.17) is 0 Å². The molecule has 1 aromatic heterocycles. The van der Waals surface area contributed by atoms with Crippen molar-refractivity contribution in [1.29, 1.82) is 0 Å². The van der Waals surface area contributed by atoms with Crippen LogP contribution < -0.4 is 4.90 Å². The maximum absolute atomic E-state index is 2.44. The van der Waals surface area contributed by atoms with E-state index < -0.39 is 0 Å². The predicted octanol–water partition coefficient (Wildman–Crippen LogP) is 17.9. The zero-order chi connectivity index (χ0) is 43.6. The Labute approximate surface area is 383 Å². The van der Waals surface area contributed by atoms with Crippen LogP contribution in [0.4, 0.5) is 17.1 Å². The highest BCUT2D eigenvalue weighted by molar-refractivity contribution is 6.16. The average Bonchev–Trinajstić information content (AvgIpc) is 3.73. The molecule has 0 spiro atoms. The molecule has 0 fully saturated rings. The topological polar surface area (TPSA) is 8.17 Å². The fourth-order valence-electron chi connectivity index (χ4n) is 10.5. The van der Waals surface area contributed by atoms with E-state index >= 15 is 0 Å². The Hall–Kier alpha value is -8.72. The molecular weight excluding hydrogens is 797 g/mol. The molecule has 0 aliphatic carbocycles. The molecule has 2 nitrogen and oxygen atoms in total. The lowest BCUT2D eigenvalue weighted by molar-refractivity contribution is 1.19. The molecule has 1 heterocycles. The second-order valence-electron chi connectivity index (χ2n) is 17.3. The lowest BCUT2D eigenvalue weighted by Crippen LogP contribution is -2.10. The Morgan fingerprint density at radius 2 is 0.742 bits per heavy atom. The first-order chi connectivity index (χ1) is 32.7. The molecule has 0 unspecified atom stereocenters. The van der Waals surface area contributed by atoms with Gasteiger partial charge in [0.05, 0.1) is 11.0 Å². The highest BCUT2D eigenvalue weighted by Gasteiger charge is 2.19. The van der Waals surface area contributed by atoms with Crippen LogP contribution in [0.3, 0.4) is 0 Å². The highest BCUT2D eigenvalue weighted by Crippen LogP contribution is 2.43. The van der Waals surface area contributed by atoms with Crippen molar-refractivity contribution in [2.75, 3.05) is 4.90 Å². The summed E-state index contributed by atoms with van der Waals surface area (Å²) in [5.74, 6) is 0. The number of aromatic nitrogens is 1. The molecule has 0 N–H and O–H groups in total. The quantitative estimate of drug-likeness (QED) is 0.145. The van der Waals surface area contributed by atoms with Crippen LogP contribution >= 0.6 is 0 Å². The molecule has 0 atom stereocenters. The molecule has 0 saturated heterocycles. The van der Waals surface area contributed by atoms with Gasteiger partial charge in [0.2, 0.25) is 0 Å². The molecule has 308 valence electrons. The van der Waals surface area contributed by atoms with Gasteiger partial charge in [0, 0.05) is 33.5 Å².